The first-order chi connectivity index (χ1) is 8.81. The summed E-state index contributed by atoms with van der Waals surface area (Å²) in [5.74, 6) is 2.06. The zero-order valence-electron chi connectivity index (χ0n) is 10.5. The van der Waals surface area contributed by atoms with E-state index in [0.29, 0.717) is 12.0 Å². The molecule has 0 radical (unpaired) electrons. The lowest BCUT2D eigenvalue weighted by Crippen LogP contribution is -2.31. The molecular weight excluding hydrogens is 228 g/mol. The van der Waals surface area contributed by atoms with Crippen molar-refractivity contribution >= 4 is 5.82 Å². The summed E-state index contributed by atoms with van der Waals surface area (Å²) >= 11 is 0. The Kier molecular flexibility index (Phi) is 3.32. The van der Waals surface area contributed by atoms with Crippen molar-refractivity contribution in [2.24, 2.45) is 0 Å². The van der Waals surface area contributed by atoms with Crippen LogP contribution >= 0.6 is 0 Å². The monoisotopic (exact) mass is 248 g/mol. The summed E-state index contributed by atoms with van der Waals surface area (Å²) in [5.41, 5.74) is -0.0454. The number of rotatable bonds is 3. The van der Waals surface area contributed by atoms with Crippen LogP contribution in [-0.2, 0) is 0 Å². The molecule has 1 aromatic heterocycles. The van der Waals surface area contributed by atoms with Gasteiger partial charge in [0.1, 0.15) is 11.6 Å². The quantitative estimate of drug-likeness (QED) is 0.752. The SMILES string of the molecule is O=c1cc(NC2CCCCNC2)nc(C2CC2)[nH]1. The van der Waals surface area contributed by atoms with Crippen molar-refractivity contribution in [3.63, 3.8) is 0 Å². The third kappa shape index (κ3) is 2.90. The van der Waals surface area contributed by atoms with Crippen molar-refractivity contribution in [1.29, 1.82) is 0 Å². The van der Waals surface area contributed by atoms with Gasteiger partial charge in [-0.3, -0.25) is 4.79 Å². The number of H-pyrrole nitrogens is 1. The van der Waals surface area contributed by atoms with Gasteiger partial charge in [0.2, 0.25) is 0 Å². The first-order valence-corrected chi connectivity index (χ1v) is 6.90. The number of aromatic amines is 1. The van der Waals surface area contributed by atoms with E-state index in [9.17, 15) is 4.79 Å². The topological polar surface area (TPSA) is 69.8 Å². The van der Waals surface area contributed by atoms with Crippen molar-refractivity contribution in [2.75, 3.05) is 18.4 Å². The van der Waals surface area contributed by atoms with Gasteiger partial charge in [-0.05, 0) is 32.2 Å². The average Bonchev–Trinajstić information content (AvgIpc) is 3.16. The summed E-state index contributed by atoms with van der Waals surface area (Å²) in [4.78, 5) is 19.0. The Morgan fingerprint density at radius 1 is 1.28 bits per heavy atom. The summed E-state index contributed by atoms with van der Waals surface area (Å²) in [7, 11) is 0. The lowest BCUT2D eigenvalue weighted by atomic mass is 10.1. The van der Waals surface area contributed by atoms with Gasteiger partial charge in [0.15, 0.2) is 0 Å². The summed E-state index contributed by atoms with van der Waals surface area (Å²) < 4.78 is 0. The average molecular weight is 248 g/mol. The van der Waals surface area contributed by atoms with Gasteiger partial charge in [0.25, 0.3) is 5.56 Å². The van der Waals surface area contributed by atoms with Crippen LogP contribution in [-0.4, -0.2) is 29.1 Å². The molecular formula is C13H20N4O. The largest absolute Gasteiger partial charge is 0.366 e. The van der Waals surface area contributed by atoms with E-state index in [4.69, 9.17) is 0 Å². The maximum atomic E-state index is 11.6. The van der Waals surface area contributed by atoms with Crippen LogP contribution in [0.2, 0.25) is 0 Å². The van der Waals surface area contributed by atoms with Crippen LogP contribution in [0.25, 0.3) is 0 Å². The lowest BCUT2D eigenvalue weighted by Gasteiger charge is -2.17. The Balaban J connectivity index is 1.72. The van der Waals surface area contributed by atoms with Gasteiger partial charge in [0, 0.05) is 24.6 Å². The minimum Gasteiger partial charge on any atom is -0.366 e. The Morgan fingerprint density at radius 2 is 2.17 bits per heavy atom. The number of nitrogens with one attached hydrogen (secondary N) is 3. The predicted octanol–water partition coefficient (Wildman–Crippen LogP) is 1.20. The van der Waals surface area contributed by atoms with Gasteiger partial charge in [-0.15, -0.1) is 0 Å². The molecule has 18 heavy (non-hydrogen) atoms. The number of hydrogen-bond donors (Lipinski definition) is 3. The van der Waals surface area contributed by atoms with E-state index >= 15 is 0 Å². The van der Waals surface area contributed by atoms with Gasteiger partial charge in [0.05, 0.1) is 0 Å². The molecule has 0 spiro atoms. The molecule has 98 valence electrons. The second-order valence-corrected chi connectivity index (χ2v) is 5.33. The highest BCUT2D eigenvalue weighted by molar-refractivity contribution is 5.35. The van der Waals surface area contributed by atoms with Crippen molar-refractivity contribution in [3.8, 4) is 0 Å². The molecule has 0 bridgehead atoms. The molecule has 2 aliphatic rings. The number of aromatic nitrogens is 2. The molecule has 2 fully saturated rings. The van der Waals surface area contributed by atoms with Crippen LogP contribution in [0.5, 0.6) is 0 Å². The standard InChI is InChI=1S/C13H20N4O/c18-12-7-11(16-13(17-12)9-4-5-9)15-10-3-1-2-6-14-8-10/h7,9-10,14H,1-6,8H2,(H2,15,16,17,18). The van der Waals surface area contributed by atoms with E-state index in [1.165, 1.54) is 12.8 Å². The van der Waals surface area contributed by atoms with Crippen molar-refractivity contribution in [3.05, 3.63) is 22.2 Å². The van der Waals surface area contributed by atoms with Crippen LogP contribution < -0.4 is 16.2 Å². The maximum absolute atomic E-state index is 11.6. The maximum Gasteiger partial charge on any atom is 0.252 e. The van der Waals surface area contributed by atoms with Crippen molar-refractivity contribution < 1.29 is 0 Å². The zero-order valence-corrected chi connectivity index (χ0v) is 10.5. The third-order valence-corrected chi connectivity index (χ3v) is 3.62. The summed E-state index contributed by atoms with van der Waals surface area (Å²) in [6, 6.07) is 1.95. The van der Waals surface area contributed by atoms with Crippen LogP contribution in [0.15, 0.2) is 10.9 Å². The van der Waals surface area contributed by atoms with Crippen LogP contribution in [0.1, 0.15) is 43.8 Å². The highest BCUT2D eigenvalue weighted by atomic mass is 16.1. The summed E-state index contributed by atoms with van der Waals surface area (Å²) in [6.07, 6.45) is 5.90. The molecule has 1 saturated carbocycles. The van der Waals surface area contributed by atoms with Crippen LogP contribution in [0.3, 0.4) is 0 Å². The second kappa shape index (κ2) is 5.10. The van der Waals surface area contributed by atoms with E-state index in [1.54, 1.807) is 6.07 Å². The van der Waals surface area contributed by atoms with Gasteiger partial charge >= 0.3 is 0 Å². The number of nitrogens with zero attached hydrogens (tertiary/aromatic N) is 1. The molecule has 3 rings (SSSR count). The Hall–Kier alpha value is -1.36. The third-order valence-electron chi connectivity index (χ3n) is 3.62. The second-order valence-electron chi connectivity index (χ2n) is 5.33. The summed E-state index contributed by atoms with van der Waals surface area (Å²) in [5, 5.41) is 6.80. The predicted molar refractivity (Wildman–Crippen MR) is 71.0 cm³/mol. The van der Waals surface area contributed by atoms with Gasteiger partial charge in [-0.2, -0.15) is 0 Å². The Bertz CT molecular complexity index is 458. The highest BCUT2D eigenvalue weighted by Crippen LogP contribution is 2.37. The van der Waals surface area contributed by atoms with Crippen LogP contribution in [0, 0.1) is 0 Å². The molecule has 1 unspecified atom stereocenters. The fourth-order valence-corrected chi connectivity index (χ4v) is 2.45. The molecule has 1 aromatic rings. The summed E-state index contributed by atoms with van der Waals surface area (Å²) in [6.45, 7) is 2.04. The molecule has 1 atom stereocenters. The van der Waals surface area contributed by atoms with Gasteiger partial charge in [-0.25, -0.2) is 4.98 Å². The van der Waals surface area contributed by atoms with E-state index < -0.39 is 0 Å². The van der Waals surface area contributed by atoms with Crippen LogP contribution in [0.4, 0.5) is 5.82 Å². The van der Waals surface area contributed by atoms with Crippen molar-refractivity contribution in [1.82, 2.24) is 15.3 Å². The minimum atomic E-state index is -0.0454. The number of hydrogen-bond acceptors (Lipinski definition) is 4. The van der Waals surface area contributed by atoms with Gasteiger partial charge < -0.3 is 15.6 Å². The van der Waals surface area contributed by atoms with E-state index in [-0.39, 0.29) is 5.56 Å². The van der Waals surface area contributed by atoms with Crippen molar-refractivity contribution in [2.45, 2.75) is 44.1 Å². The molecule has 1 saturated heterocycles. The van der Waals surface area contributed by atoms with Gasteiger partial charge in [-0.1, -0.05) is 6.42 Å². The van der Waals surface area contributed by atoms with E-state index in [2.05, 4.69) is 20.6 Å². The smallest absolute Gasteiger partial charge is 0.252 e. The zero-order chi connectivity index (χ0) is 12.4. The van der Waals surface area contributed by atoms with E-state index in [0.717, 1.165) is 44.0 Å². The fourth-order valence-electron chi connectivity index (χ4n) is 2.45. The molecule has 0 aromatic carbocycles. The Morgan fingerprint density at radius 3 is 3.00 bits per heavy atom. The first kappa shape index (κ1) is 11.7. The molecule has 3 N–H and O–H groups in total. The first-order valence-electron chi connectivity index (χ1n) is 6.90. The molecule has 2 heterocycles. The number of anilines is 1. The normalized spacial score (nSPS) is 24.6. The minimum absolute atomic E-state index is 0.0454. The molecule has 5 nitrogen and oxygen atoms in total. The van der Waals surface area contributed by atoms with E-state index in [1.807, 2.05) is 0 Å². The molecule has 0 amide bonds. The molecule has 1 aliphatic heterocycles. The molecule has 1 aliphatic carbocycles. The molecule has 5 heteroatoms. The highest BCUT2D eigenvalue weighted by Gasteiger charge is 2.26. The lowest BCUT2D eigenvalue weighted by molar-refractivity contribution is 0.632. The Labute approximate surface area is 106 Å². The fraction of sp³-hybridized carbons (Fsp3) is 0.692.